The number of rotatable bonds is 2. The molecule has 0 amide bonds. The van der Waals surface area contributed by atoms with Crippen LogP contribution in [-0.4, -0.2) is 23.1 Å². The van der Waals surface area contributed by atoms with Gasteiger partial charge in [0.1, 0.15) is 0 Å². The average Bonchev–Trinajstić information content (AvgIpc) is 2.30. The van der Waals surface area contributed by atoms with Crippen LogP contribution in [0.1, 0.15) is 15.9 Å². The number of halogens is 1. The van der Waals surface area contributed by atoms with E-state index in [2.05, 4.69) is 4.74 Å². The molecule has 0 aliphatic carbocycles. The molecule has 7 heteroatoms. The van der Waals surface area contributed by atoms with Crippen molar-refractivity contribution in [2.45, 2.75) is 0 Å². The van der Waals surface area contributed by atoms with Gasteiger partial charge in [-0.1, -0.05) is 17.5 Å². The molecule has 0 aliphatic rings. The van der Waals surface area contributed by atoms with Gasteiger partial charge >= 0.3 is 5.97 Å². The number of carbonyl (C=O) groups excluding carboxylic acids is 1. The Morgan fingerprint density at radius 2 is 2.29 bits per heavy atom. The molecule has 0 spiro atoms. The number of nitro benzene ring substituents is 1. The van der Waals surface area contributed by atoms with Crippen LogP contribution in [-0.2, 0) is 4.74 Å². The number of benzene rings is 1. The summed E-state index contributed by atoms with van der Waals surface area (Å²) in [7, 11) is 1.08. The fourth-order valence-corrected chi connectivity index (χ4v) is 1.40. The van der Waals surface area contributed by atoms with Gasteiger partial charge in [-0.25, -0.2) is 4.79 Å². The third-order valence-corrected chi connectivity index (χ3v) is 2.34. The molecule has 1 rings (SSSR count). The van der Waals surface area contributed by atoms with Crippen molar-refractivity contribution in [2.75, 3.05) is 7.11 Å². The SMILES string of the molecule is C#Cc1c(C(=O)OC)cc([N+](=O)[O-])c(Cl)c1O. The summed E-state index contributed by atoms with van der Waals surface area (Å²) >= 11 is 5.55. The monoisotopic (exact) mass is 255 g/mol. The molecule has 0 saturated carbocycles. The molecule has 88 valence electrons. The molecule has 0 aliphatic heterocycles. The van der Waals surface area contributed by atoms with Crippen LogP contribution in [0.15, 0.2) is 6.07 Å². The number of carbonyl (C=O) groups is 1. The third kappa shape index (κ3) is 2.14. The zero-order chi connectivity index (χ0) is 13.2. The molecule has 0 heterocycles. The van der Waals surface area contributed by atoms with E-state index in [1.807, 2.05) is 5.92 Å². The minimum Gasteiger partial charge on any atom is -0.505 e. The Hall–Kier alpha value is -2.26. The Bertz CT molecular complexity index is 547. The lowest BCUT2D eigenvalue weighted by atomic mass is 10.1. The van der Waals surface area contributed by atoms with Crippen molar-refractivity contribution < 1.29 is 19.6 Å². The zero-order valence-electron chi connectivity index (χ0n) is 8.56. The molecule has 0 radical (unpaired) electrons. The molecular weight excluding hydrogens is 250 g/mol. The van der Waals surface area contributed by atoms with Gasteiger partial charge in [-0.2, -0.15) is 0 Å². The number of nitro groups is 1. The molecule has 1 aromatic carbocycles. The average molecular weight is 256 g/mol. The highest BCUT2D eigenvalue weighted by Crippen LogP contribution is 2.38. The predicted molar refractivity (Wildman–Crippen MR) is 59.0 cm³/mol. The number of terminal acetylenes is 1. The highest BCUT2D eigenvalue weighted by molar-refractivity contribution is 6.34. The van der Waals surface area contributed by atoms with E-state index in [1.165, 1.54) is 0 Å². The van der Waals surface area contributed by atoms with E-state index in [0.29, 0.717) is 0 Å². The third-order valence-electron chi connectivity index (χ3n) is 1.97. The van der Waals surface area contributed by atoms with E-state index >= 15 is 0 Å². The lowest BCUT2D eigenvalue weighted by Crippen LogP contribution is -2.06. The maximum atomic E-state index is 11.3. The van der Waals surface area contributed by atoms with Gasteiger partial charge in [-0.05, 0) is 0 Å². The predicted octanol–water partition coefficient (Wildman–Crippen LogP) is 1.72. The summed E-state index contributed by atoms with van der Waals surface area (Å²) in [6.45, 7) is 0. The first-order valence-corrected chi connectivity index (χ1v) is 4.56. The van der Waals surface area contributed by atoms with Crippen LogP contribution in [0.5, 0.6) is 5.75 Å². The van der Waals surface area contributed by atoms with Crippen molar-refractivity contribution in [3.63, 3.8) is 0 Å². The molecule has 0 unspecified atom stereocenters. The van der Waals surface area contributed by atoms with Crippen LogP contribution in [0.2, 0.25) is 5.02 Å². The van der Waals surface area contributed by atoms with E-state index < -0.39 is 27.4 Å². The number of ether oxygens (including phenoxy) is 1. The lowest BCUT2D eigenvalue weighted by molar-refractivity contribution is -0.384. The quantitative estimate of drug-likeness (QED) is 0.376. The minimum atomic E-state index is -0.895. The van der Waals surface area contributed by atoms with Crippen molar-refractivity contribution in [1.82, 2.24) is 0 Å². The lowest BCUT2D eigenvalue weighted by Gasteiger charge is -2.06. The minimum absolute atomic E-state index is 0.243. The van der Waals surface area contributed by atoms with Crippen molar-refractivity contribution >= 4 is 23.3 Å². The Labute approximate surface area is 101 Å². The van der Waals surface area contributed by atoms with Crippen LogP contribution < -0.4 is 0 Å². The molecular formula is C10H6ClNO5. The molecule has 0 saturated heterocycles. The summed E-state index contributed by atoms with van der Waals surface area (Å²) in [5, 5.41) is 19.7. The summed E-state index contributed by atoms with van der Waals surface area (Å²) < 4.78 is 4.40. The summed E-state index contributed by atoms with van der Waals surface area (Å²) in [6.07, 6.45) is 5.09. The summed E-state index contributed by atoms with van der Waals surface area (Å²) in [4.78, 5) is 21.1. The second kappa shape index (κ2) is 4.72. The molecule has 0 fully saturated rings. The first-order chi connectivity index (χ1) is 7.93. The smallest absolute Gasteiger partial charge is 0.339 e. The largest absolute Gasteiger partial charge is 0.505 e. The van der Waals surface area contributed by atoms with Crippen molar-refractivity contribution in [2.24, 2.45) is 0 Å². The van der Waals surface area contributed by atoms with Gasteiger partial charge < -0.3 is 9.84 Å². The number of nitrogens with zero attached hydrogens (tertiary/aromatic N) is 1. The fourth-order valence-electron chi connectivity index (χ4n) is 1.18. The molecule has 1 aromatic rings. The zero-order valence-corrected chi connectivity index (χ0v) is 9.32. The van der Waals surface area contributed by atoms with Gasteiger partial charge in [-0.15, -0.1) is 6.42 Å². The maximum Gasteiger partial charge on any atom is 0.339 e. The normalized spacial score (nSPS) is 9.47. The summed E-state index contributed by atoms with van der Waals surface area (Å²) in [6, 6.07) is 0.864. The maximum absolute atomic E-state index is 11.3. The van der Waals surface area contributed by atoms with E-state index in [4.69, 9.17) is 18.0 Å². The second-order valence-corrected chi connectivity index (χ2v) is 3.25. The number of phenols is 1. The summed E-state index contributed by atoms with van der Waals surface area (Å²) in [5.74, 6) is 0.442. The van der Waals surface area contributed by atoms with Crippen LogP contribution >= 0.6 is 11.6 Å². The van der Waals surface area contributed by atoms with E-state index in [0.717, 1.165) is 13.2 Å². The van der Waals surface area contributed by atoms with E-state index in [9.17, 15) is 20.0 Å². The van der Waals surface area contributed by atoms with Gasteiger partial charge in [0.15, 0.2) is 10.8 Å². The first kappa shape index (κ1) is 12.8. The van der Waals surface area contributed by atoms with Crippen LogP contribution in [0.4, 0.5) is 5.69 Å². The first-order valence-electron chi connectivity index (χ1n) is 4.18. The number of esters is 1. The number of aromatic hydroxyl groups is 1. The van der Waals surface area contributed by atoms with Gasteiger partial charge in [0.25, 0.3) is 5.69 Å². The molecule has 1 N–H and O–H groups in total. The molecule has 0 atom stereocenters. The highest BCUT2D eigenvalue weighted by atomic mass is 35.5. The van der Waals surface area contributed by atoms with Gasteiger partial charge in [0.05, 0.1) is 23.2 Å². The standard InChI is InChI=1S/C10H6ClNO5/c1-3-5-6(10(14)17-2)4-7(12(15)16)8(11)9(5)13/h1,4,13H,2H3. The van der Waals surface area contributed by atoms with Crippen molar-refractivity contribution in [3.05, 3.63) is 32.3 Å². The van der Waals surface area contributed by atoms with Crippen LogP contribution in [0.3, 0.4) is 0 Å². The number of hydrogen-bond acceptors (Lipinski definition) is 5. The van der Waals surface area contributed by atoms with E-state index in [-0.39, 0.29) is 11.1 Å². The Morgan fingerprint density at radius 1 is 1.71 bits per heavy atom. The van der Waals surface area contributed by atoms with Gasteiger partial charge in [0, 0.05) is 6.07 Å². The Morgan fingerprint density at radius 3 is 2.71 bits per heavy atom. The topological polar surface area (TPSA) is 89.7 Å². The fraction of sp³-hybridized carbons (Fsp3) is 0.100. The number of phenolic OH excluding ortho intramolecular Hbond substituents is 1. The molecule has 17 heavy (non-hydrogen) atoms. The molecule has 0 bridgehead atoms. The molecule has 6 nitrogen and oxygen atoms in total. The van der Waals surface area contributed by atoms with Crippen molar-refractivity contribution in [1.29, 1.82) is 0 Å². The highest BCUT2D eigenvalue weighted by Gasteiger charge is 2.25. The van der Waals surface area contributed by atoms with Gasteiger partial charge in [0.2, 0.25) is 0 Å². The number of hydrogen-bond donors (Lipinski definition) is 1. The summed E-state index contributed by atoms with van der Waals surface area (Å²) in [5.41, 5.74) is -1.15. The number of methoxy groups -OCH3 is 1. The van der Waals surface area contributed by atoms with Crippen molar-refractivity contribution in [3.8, 4) is 18.1 Å². The second-order valence-electron chi connectivity index (χ2n) is 2.87. The molecule has 0 aromatic heterocycles. The van der Waals surface area contributed by atoms with Crippen LogP contribution in [0, 0.1) is 22.5 Å². The van der Waals surface area contributed by atoms with E-state index in [1.54, 1.807) is 0 Å². The van der Waals surface area contributed by atoms with Gasteiger partial charge in [-0.3, -0.25) is 10.1 Å². The van der Waals surface area contributed by atoms with Crippen LogP contribution in [0.25, 0.3) is 0 Å². The Balaban J connectivity index is 3.66. The Kier molecular flexibility index (Phi) is 3.55.